The fourth-order valence-corrected chi connectivity index (χ4v) is 3.74. The van der Waals surface area contributed by atoms with Gasteiger partial charge in [-0.05, 0) is 76.3 Å². The van der Waals surface area contributed by atoms with Gasteiger partial charge in [0.1, 0.15) is 17.7 Å². The topological polar surface area (TPSA) is 82.1 Å². The van der Waals surface area contributed by atoms with Crippen molar-refractivity contribution >= 4 is 22.9 Å². The molecule has 0 bridgehead atoms. The van der Waals surface area contributed by atoms with Crippen molar-refractivity contribution in [1.29, 1.82) is 0 Å². The molecule has 0 aliphatic heterocycles. The first kappa shape index (κ1) is 21.8. The molecule has 4 rings (SSSR count). The number of oxime groups is 1. The first-order valence-electron chi connectivity index (χ1n) is 10.6. The number of aryl methyl sites for hydroxylation is 2. The van der Waals surface area contributed by atoms with Crippen LogP contribution in [0.4, 0.5) is 0 Å². The molecule has 0 N–H and O–H groups in total. The monoisotopic (exact) mass is 435 g/mol. The molecule has 9 heteroatoms. The van der Waals surface area contributed by atoms with Gasteiger partial charge in [-0.1, -0.05) is 5.16 Å². The standard InChI is InChI=1S/C23H29N7O2/c1-16-17(2)29(12-6-11-28(3)4)22-21(16)23-26-20(27-30(23)15-24-22)14-32-25-13-18-7-9-19(31-5)10-8-18/h7-10,13,15H,6,11-12,14H2,1-5H3/b25-13-. The van der Waals surface area contributed by atoms with Crippen molar-refractivity contribution in [2.75, 3.05) is 27.7 Å². The summed E-state index contributed by atoms with van der Waals surface area (Å²) in [5.74, 6) is 1.36. The van der Waals surface area contributed by atoms with E-state index in [1.807, 2.05) is 24.3 Å². The van der Waals surface area contributed by atoms with E-state index in [4.69, 9.17) is 14.6 Å². The smallest absolute Gasteiger partial charge is 0.192 e. The van der Waals surface area contributed by atoms with Crippen LogP contribution in [0.2, 0.25) is 0 Å². The highest BCUT2D eigenvalue weighted by atomic mass is 16.6. The molecule has 9 nitrogen and oxygen atoms in total. The summed E-state index contributed by atoms with van der Waals surface area (Å²) >= 11 is 0. The van der Waals surface area contributed by atoms with Crippen molar-refractivity contribution in [3.05, 3.63) is 53.2 Å². The molecule has 0 saturated heterocycles. The lowest BCUT2D eigenvalue weighted by atomic mass is 10.2. The Kier molecular flexibility index (Phi) is 6.36. The predicted octanol–water partition coefficient (Wildman–Crippen LogP) is 3.21. The number of hydrogen-bond donors (Lipinski definition) is 0. The second kappa shape index (κ2) is 9.35. The van der Waals surface area contributed by atoms with Gasteiger partial charge < -0.3 is 19.0 Å². The lowest BCUT2D eigenvalue weighted by Crippen LogP contribution is -2.15. The van der Waals surface area contributed by atoms with Crippen LogP contribution < -0.4 is 4.74 Å². The molecular weight excluding hydrogens is 406 g/mol. The zero-order valence-corrected chi connectivity index (χ0v) is 19.2. The minimum Gasteiger partial charge on any atom is -0.497 e. The van der Waals surface area contributed by atoms with Gasteiger partial charge in [-0.2, -0.15) is 0 Å². The van der Waals surface area contributed by atoms with Crippen LogP contribution >= 0.6 is 0 Å². The van der Waals surface area contributed by atoms with Gasteiger partial charge in [-0.3, -0.25) is 0 Å². The Morgan fingerprint density at radius 3 is 2.62 bits per heavy atom. The summed E-state index contributed by atoms with van der Waals surface area (Å²) in [6.07, 6.45) is 4.42. The first-order chi connectivity index (χ1) is 15.5. The van der Waals surface area contributed by atoms with Crippen LogP contribution in [0.3, 0.4) is 0 Å². The van der Waals surface area contributed by atoms with Gasteiger partial charge in [0.05, 0.1) is 18.7 Å². The Bertz CT molecular complexity index is 1240. The van der Waals surface area contributed by atoms with Crippen molar-refractivity contribution in [3.8, 4) is 5.75 Å². The maximum atomic E-state index is 5.43. The number of fused-ring (bicyclic) bond motifs is 3. The fraction of sp³-hybridized carbons (Fsp3) is 0.391. The number of rotatable bonds is 9. The second-order valence-corrected chi connectivity index (χ2v) is 8.04. The van der Waals surface area contributed by atoms with E-state index in [0.717, 1.165) is 47.5 Å². The summed E-state index contributed by atoms with van der Waals surface area (Å²) in [5, 5.41) is 9.57. The minimum absolute atomic E-state index is 0.178. The molecule has 0 atom stereocenters. The number of benzene rings is 1. The van der Waals surface area contributed by atoms with E-state index in [9.17, 15) is 0 Å². The molecule has 0 unspecified atom stereocenters. The van der Waals surface area contributed by atoms with Gasteiger partial charge in [0.2, 0.25) is 0 Å². The average Bonchev–Trinajstić information content (AvgIpc) is 3.31. The van der Waals surface area contributed by atoms with E-state index in [-0.39, 0.29) is 6.61 Å². The quantitative estimate of drug-likeness (QED) is 0.297. The molecule has 0 aliphatic rings. The fourth-order valence-electron chi connectivity index (χ4n) is 3.74. The molecule has 0 saturated carbocycles. The van der Waals surface area contributed by atoms with Crippen LogP contribution in [0.1, 0.15) is 29.1 Å². The Morgan fingerprint density at radius 1 is 1.12 bits per heavy atom. The van der Waals surface area contributed by atoms with Crippen LogP contribution in [0.25, 0.3) is 16.7 Å². The minimum atomic E-state index is 0.178. The normalized spacial score (nSPS) is 11.9. The van der Waals surface area contributed by atoms with Crippen LogP contribution in [0, 0.1) is 13.8 Å². The Labute approximate surface area is 187 Å². The molecule has 32 heavy (non-hydrogen) atoms. The highest BCUT2D eigenvalue weighted by Gasteiger charge is 2.18. The lowest BCUT2D eigenvalue weighted by Gasteiger charge is -2.11. The SMILES string of the molecule is COc1ccc(/C=N\OCc2nc3c4c(C)c(C)n(CCCN(C)C)c4ncn3n2)cc1. The van der Waals surface area contributed by atoms with Crippen LogP contribution in [0.5, 0.6) is 5.75 Å². The van der Waals surface area contributed by atoms with Crippen molar-refractivity contribution in [2.45, 2.75) is 33.4 Å². The van der Waals surface area contributed by atoms with Crippen molar-refractivity contribution in [3.63, 3.8) is 0 Å². The van der Waals surface area contributed by atoms with E-state index < -0.39 is 0 Å². The van der Waals surface area contributed by atoms with E-state index >= 15 is 0 Å². The van der Waals surface area contributed by atoms with Crippen LogP contribution in [-0.2, 0) is 18.0 Å². The summed E-state index contributed by atoms with van der Waals surface area (Å²) in [5.41, 5.74) is 5.05. The lowest BCUT2D eigenvalue weighted by molar-refractivity contribution is 0.126. The number of aromatic nitrogens is 5. The van der Waals surface area contributed by atoms with E-state index in [1.165, 1.54) is 11.3 Å². The first-order valence-corrected chi connectivity index (χ1v) is 10.6. The third-order valence-corrected chi connectivity index (χ3v) is 5.56. The molecule has 0 aliphatic carbocycles. The largest absolute Gasteiger partial charge is 0.497 e. The van der Waals surface area contributed by atoms with Gasteiger partial charge in [0.25, 0.3) is 0 Å². The van der Waals surface area contributed by atoms with Crippen molar-refractivity contribution in [2.24, 2.45) is 5.16 Å². The number of nitrogens with zero attached hydrogens (tertiary/aromatic N) is 7. The van der Waals surface area contributed by atoms with Gasteiger partial charge in [-0.15, -0.1) is 5.10 Å². The van der Waals surface area contributed by atoms with E-state index in [2.05, 4.69) is 52.6 Å². The Morgan fingerprint density at radius 2 is 1.91 bits per heavy atom. The molecule has 0 radical (unpaired) electrons. The predicted molar refractivity (Wildman–Crippen MR) is 124 cm³/mol. The number of ether oxygens (including phenoxy) is 1. The van der Waals surface area contributed by atoms with E-state index in [0.29, 0.717) is 5.82 Å². The zero-order valence-electron chi connectivity index (χ0n) is 19.2. The Balaban J connectivity index is 1.51. The number of hydrogen-bond acceptors (Lipinski definition) is 7. The van der Waals surface area contributed by atoms with E-state index in [1.54, 1.807) is 24.2 Å². The Hall–Kier alpha value is -3.46. The third kappa shape index (κ3) is 4.43. The number of methoxy groups -OCH3 is 1. The van der Waals surface area contributed by atoms with Crippen molar-refractivity contribution in [1.82, 2.24) is 29.0 Å². The average molecular weight is 436 g/mol. The molecule has 4 aromatic rings. The molecule has 1 aromatic carbocycles. The molecule has 168 valence electrons. The molecule has 0 amide bonds. The van der Waals surface area contributed by atoms with Crippen molar-refractivity contribution < 1.29 is 9.57 Å². The van der Waals surface area contributed by atoms with Gasteiger partial charge in [-0.25, -0.2) is 14.5 Å². The second-order valence-electron chi connectivity index (χ2n) is 8.04. The molecule has 3 heterocycles. The maximum Gasteiger partial charge on any atom is 0.192 e. The highest BCUT2D eigenvalue weighted by molar-refractivity contribution is 5.93. The van der Waals surface area contributed by atoms with Gasteiger partial charge in [0, 0.05) is 12.2 Å². The molecule has 3 aromatic heterocycles. The summed E-state index contributed by atoms with van der Waals surface area (Å²) in [6.45, 7) is 6.38. The van der Waals surface area contributed by atoms with Crippen LogP contribution in [-0.4, -0.2) is 63.0 Å². The molecule has 0 spiro atoms. The molecule has 0 fully saturated rings. The summed E-state index contributed by atoms with van der Waals surface area (Å²) in [4.78, 5) is 17.0. The van der Waals surface area contributed by atoms with Gasteiger partial charge in [0.15, 0.2) is 18.1 Å². The summed E-state index contributed by atoms with van der Waals surface area (Å²) in [7, 11) is 5.82. The summed E-state index contributed by atoms with van der Waals surface area (Å²) in [6, 6.07) is 7.57. The maximum absolute atomic E-state index is 5.43. The third-order valence-electron chi connectivity index (χ3n) is 5.56. The van der Waals surface area contributed by atoms with Gasteiger partial charge >= 0.3 is 0 Å². The zero-order chi connectivity index (χ0) is 22.7. The summed E-state index contributed by atoms with van der Waals surface area (Å²) < 4.78 is 9.14. The van der Waals surface area contributed by atoms with Crippen LogP contribution in [0.15, 0.2) is 35.7 Å². The molecular formula is C23H29N7O2. The highest BCUT2D eigenvalue weighted by Crippen LogP contribution is 2.27.